The Kier molecular flexibility index (Phi) is 7.27. The summed E-state index contributed by atoms with van der Waals surface area (Å²) < 4.78 is 38.5. The molecule has 2 aromatic carbocycles. The van der Waals surface area contributed by atoms with Gasteiger partial charge in [0.05, 0.1) is 30.4 Å². The van der Waals surface area contributed by atoms with Crippen molar-refractivity contribution in [1.29, 1.82) is 0 Å². The third-order valence-corrected chi connectivity index (χ3v) is 6.72. The SMILES string of the molecule is COc1ccc(S(=O)(=O)Nc2ccc(N3CCCCCCC3)c(C(=O)O)c2)cc1OC. The molecule has 1 saturated heterocycles. The standard InChI is InChI=1S/C22H28N2O6S/c1-29-20-11-9-17(15-21(20)30-2)31(27,28)23-16-8-10-19(18(14-16)22(25)26)24-12-6-4-3-5-7-13-24/h8-11,14-15,23H,3-7,12-13H2,1-2H3,(H,25,26). The number of sulfonamides is 1. The van der Waals surface area contributed by atoms with E-state index in [1.165, 1.54) is 44.9 Å². The van der Waals surface area contributed by atoms with E-state index in [9.17, 15) is 18.3 Å². The Balaban J connectivity index is 1.89. The average Bonchev–Trinajstić information content (AvgIpc) is 2.73. The van der Waals surface area contributed by atoms with Crippen LogP contribution >= 0.6 is 0 Å². The van der Waals surface area contributed by atoms with Crippen molar-refractivity contribution in [2.45, 2.75) is 37.0 Å². The van der Waals surface area contributed by atoms with Gasteiger partial charge in [0.15, 0.2) is 11.5 Å². The summed E-state index contributed by atoms with van der Waals surface area (Å²) in [5.41, 5.74) is 0.875. The predicted molar refractivity (Wildman–Crippen MR) is 119 cm³/mol. The molecule has 9 heteroatoms. The summed E-state index contributed by atoms with van der Waals surface area (Å²) in [6.07, 6.45) is 5.47. The number of ether oxygens (including phenoxy) is 2. The van der Waals surface area contributed by atoms with Gasteiger partial charge in [-0.15, -0.1) is 0 Å². The zero-order chi connectivity index (χ0) is 22.4. The number of hydrogen-bond donors (Lipinski definition) is 2. The lowest BCUT2D eigenvalue weighted by Gasteiger charge is -2.28. The number of carboxylic acids is 1. The number of aromatic carboxylic acids is 1. The molecule has 0 spiro atoms. The van der Waals surface area contributed by atoms with Crippen molar-refractivity contribution in [3.63, 3.8) is 0 Å². The van der Waals surface area contributed by atoms with Crippen molar-refractivity contribution in [1.82, 2.24) is 0 Å². The first-order chi connectivity index (χ1) is 14.9. The van der Waals surface area contributed by atoms with Crippen LogP contribution in [0.25, 0.3) is 0 Å². The number of nitrogens with zero attached hydrogens (tertiary/aromatic N) is 1. The molecule has 168 valence electrons. The third-order valence-electron chi connectivity index (χ3n) is 5.34. The molecule has 0 amide bonds. The first-order valence-corrected chi connectivity index (χ1v) is 11.7. The molecule has 8 nitrogen and oxygen atoms in total. The van der Waals surface area contributed by atoms with E-state index in [1.807, 2.05) is 0 Å². The van der Waals surface area contributed by atoms with Gasteiger partial charge < -0.3 is 19.5 Å². The van der Waals surface area contributed by atoms with Gasteiger partial charge in [-0.25, -0.2) is 13.2 Å². The normalized spacial score (nSPS) is 15.0. The zero-order valence-corrected chi connectivity index (χ0v) is 18.6. The van der Waals surface area contributed by atoms with Gasteiger partial charge in [0.2, 0.25) is 0 Å². The molecule has 0 atom stereocenters. The van der Waals surface area contributed by atoms with Crippen LogP contribution in [0.1, 0.15) is 42.5 Å². The van der Waals surface area contributed by atoms with Crippen LogP contribution < -0.4 is 19.1 Å². The van der Waals surface area contributed by atoms with Crippen molar-refractivity contribution in [2.24, 2.45) is 0 Å². The van der Waals surface area contributed by atoms with Crippen LogP contribution in [0.5, 0.6) is 11.5 Å². The second kappa shape index (κ2) is 9.91. The number of hydrogen-bond acceptors (Lipinski definition) is 6. The third kappa shape index (κ3) is 5.41. The van der Waals surface area contributed by atoms with Gasteiger partial charge in [0.25, 0.3) is 10.0 Å². The number of anilines is 2. The molecule has 1 heterocycles. The molecular weight excluding hydrogens is 420 g/mol. The van der Waals surface area contributed by atoms with Crippen molar-refractivity contribution in [3.05, 3.63) is 42.0 Å². The van der Waals surface area contributed by atoms with Gasteiger partial charge in [-0.2, -0.15) is 0 Å². The maximum atomic E-state index is 12.9. The summed E-state index contributed by atoms with van der Waals surface area (Å²) >= 11 is 0. The highest BCUT2D eigenvalue weighted by Gasteiger charge is 2.21. The number of methoxy groups -OCH3 is 2. The zero-order valence-electron chi connectivity index (χ0n) is 17.8. The lowest BCUT2D eigenvalue weighted by Crippen LogP contribution is -2.28. The van der Waals surface area contributed by atoms with Gasteiger partial charge >= 0.3 is 5.97 Å². The number of rotatable bonds is 7. The second-order valence-electron chi connectivity index (χ2n) is 7.41. The highest BCUT2D eigenvalue weighted by atomic mass is 32.2. The molecule has 1 aliphatic rings. The summed E-state index contributed by atoms with van der Waals surface area (Å²) in [7, 11) is -1.07. The van der Waals surface area contributed by atoms with E-state index in [2.05, 4.69) is 9.62 Å². The number of carbonyl (C=O) groups is 1. The molecule has 1 fully saturated rings. The topological polar surface area (TPSA) is 105 Å². The Labute approximate surface area is 182 Å². The van der Waals surface area contributed by atoms with Gasteiger partial charge in [-0.3, -0.25) is 4.72 Å². The first-order valence-electron chi connectivity index (χ1n) is 10.2. The maximum absolute atomic E-state index is 12.9. The Bertz CT molecular complexity index is 1030. The second-order valence-corrected chi connectivity index (χ2v) is 9.10. The molecule has 2 aromatic rings. The van der Waals surface area contributed by atoms with E-state index in [1.54, 1.807) is 12.1 Å². The van der Waals surface area contributed by atoms with Crippen LogP contribution in [0.15, 0.2) is 41.3 Å². The lowest BCUT2D eigenvalue weighted by molar-refractivity contribution is 0.0697. The van der Waals surface area contributed by atoms with Crippen LogP contribution in [0.4, 0.5) is 11.4 Å². The lowest BCUT2D eigenvalue weighted by atomic mass is 10.1. The van der Waals surface area contributed by atoms with Crippen molar-refractivity contribution >= 4 is 27.4 Å². The largest absolute Gasteiger partial charge is 0.493 e. The Morgan fingerprint density at radius 3 is 2.19 bits per heavy atom. The number of benzene rings is 2. The Morgan fingerprint density at radius 1 is 0.935 bits per heavy atom. The van der Waals surface area contributed by atoms with E-state index in [0.29, 0.717) is 11.4 Å². The smallest absolute Gasteiger partial charge is 0.337 e. The fraction of sp³-hybridized carbons (Fsp3) is 0.409. The quantitative estimate of drug-likeness (QED) is 0.660. The monoisotopic (exact) mass is 448 g/mol. The summed E-state index contributed by atoms with van der Waals surface area (Å²) in [4.78, 5) is 14.0. The summed E-state index contributed by atoms with van der Waals surface area (Å²) in [5.74, 6) is -0.402. The molecule has 0 aromatic heterocycles. The number of carboxylic acid groups (broad SMARTS) is 1. The van der Waals surface area contributed by atoms with Crippen molar-refractivity contribution in [3.8, 4) is 11.5 Å². The van der Waals surface area contributed by atoms with Crippen LogP contribution in [-0.2, 0) is 10.0 Å². The van der Waals surface area contributed by atoms with E-state index >= 15 is 0 Å². The van der Waals surface area contributed by atoms with Crippen molar-refractivity contribution < 1.29 is 27.8 Å². The van der Waals surface area contributed by atoms with Gasteiger partial charge in [0, 0.05) is 24.8 Å². The van der Waals surface area contributed by atoms with Gasteiger partial charge in [0.1, 0.15) is 0 Å². The fourth-order valence-corrected chi connectivity index (χ4v) is 4.80. The van der Waals surface area contributed by atoms with E-state index < -0.39 is 16.0 Å². The molecule has 0 radical (unpaired) electrons. The average molecular weight is 449 g/mol. The summed E-state index contributed by atoms with van der Waals surface area (Å²) in [6.45, 7) is 1.58. The molecule has 2 N–H and O–H groups in total. The van der Waals surface area contributed by atoms with Crippen molar-refractivity contribution in [2.75, 3.05) is 36.9 Å². The van der Waals surface area contributed by atoms with E-state index in [4.69, 9.17) is 9.47 Å². The van der Waals surface area contributed by atoms with E-state index in [-0.39, 0.29) is 21.9 Å². The molecule has 31 heavy (non-hydrogen) atoms. The molecule has 0 unspecified atom stereocenters. The van der Waals surface area contributed by atoms with Crippen LogP contribution in [0.3, 0.4) is 0 Å². The molecule has 3 rings (SSSR count). The van der Waals surface area contributed by atoms with Gasteiger partial charge in [-0.05, 0) is 43.2 Å². The summed E-state index contributed by atoms with van der Waals surface area (Å²) in [6, 6.07) is 8.90. The molecule has 0 saturated carbocycles. The van der Waals surface area contributed by atoms with Crippen LogP contribution in [0.2, 0.25) is 0 Å². The maximum Gasteiger partial charge on any atom is 0.337 e. The van der Waals surface area contributed by atoms with Crippen LogP contribution in [0, 0.1) is 0 Å². The minimum atomic E-state index is -3.95. The first kappa shape index (κ1) is 22.7. The fourth-order valence-electron chi connectivity index (χ4n) is 3.73. The minimum Gasteiger partial charge on any atom is -0.493 e. The molecule has 0 bridgehead atoms. The highest BCUT2D eigenvalue weighted by molar-refractivity contribution is 7.92. The van der Waals surface area contributed by atoms with Gasteiger partial charge in [-0.1, -0.05) is 19.3 Å². The molecule has 1 aliphatic heterocycles. The predicted octanol–water partition coefficient (Wildman–Crippen LogP) is 3.97. The Hall–Kier alpha value is -2.94. The summed E-state index contributed by atoms with van der Waals surface area (Å²) in [5, 5.41) is 9.75. The van der Waals surface area contributed by atoms with E-state index in [0.717, 1.165) is 38.8 Å². The minimum absolute atomic E-state index is 0.0186. The molecule has 0 aliphatic carbocycles. The van der Waals surface area contributed by atoms with Crippen LogP contribution in [-0.4, -0.2) is 46.8 Å². The molecular formula is C22H28N2O6S. The highest BCUT2D eigenvalue weighted by Crippen LogP contribution is 2.31. The Morgan fingerprint density at radius 2 is 1.58 bits per heavy atom. The number of nitrogens with one attached hydrogen (secondary N) is 1.